The SMILES string of the molecule is C[c-]1ccc(C2CCCC2)c1.[C-]1=CC=CC1.[Cl-].[Cl-].[Zr+4]. The molecule has 0 unspecified atom stereocenters. The van der Waals surface area contributed by atoms with Crippen LogP contribution in [0, 0.1) is 13.0 Å². The smallest absolute Gasteiger partial charge is 1.00 e. The van der Waals surface area contributed by atoms with Gasteiger partial charge in [-0.1, -0.05) is 38.5 Å². The first-order chi connectivity index (χ1) is 7.86. The van der Waals surface area contributed by atoms with Crippen molar-refractivity contribution in [1.82, 2.24) is 0 Å². The Balaban J connectivity index is 0. The molecule has 102 valence electrons. The molecule has 2 aliphatic rings. The van der Waals surface area contributed by atoms with Crippen LogP contribution in [0.3, 0.4) is 0 Å². The standard InChI is InChI=1S/C11H15.C5H5.2ClH.Zr/c1-9-6-7-11(8-9)10-4-2-3-5-10;1-2-4-5-3-1;;;/h6-8,10H,2-5H2,1H3;1-3H,4H2;2*1H;/q2*-1;;;+4/p-2. The average Bonchev–Trinajstić information content (AvgIpc) is 3.03. The second-order valence-electron chi connectivity index (χ2n) is 4.71. The van der Waals surface area contributed by atoms with Crippen molar-refractivity contribution in [3.8, 4) is 0 Å². The van der Waals surface area contributed by atoms with Crippen molar-refractivity contribution in [3.05, 3.63) is 53.6 Å². The van der Waals surface area contributed by atoms with E-state index in [1.807, 2.05) is 12.2 Å². The fraction of sp³-hybridized carbons (Fsp3) is 0.438. The second-order valence-corrected chi connectivity index (χ2v) is 4.71. The van der Waals surface area contributed by atoms with Gasteiger partial charge < -0.3 is 24.8 Å². The summed E-state index contributed by atoms with van der Waals surface area (Å²) in [6.07, 6.45) is 15.7. The van der Waals surface area contributed by atoms with Crippen LogP contribution in [0.5, 0.6) is 0 Å². The van der Waals surface area contributed by atoms with Gasteiger partial charge in [0.1, 0.15) is 0 Å². The van der Waals surface area contributed by atoms with E-state index >= 15 is 0 Å². The minimum absolute atomic E-state index is 0. The third-order valence-electron chi connectivity index (χ3n) is 3.35. The zero-order chi connectivity index (χ0) is 11.2. The predicted molar refractivity (Wildman–Crippen MR) is 69.6 cm³/mol. The molecule has 3 heteroatoms. The predicted octanol–water partition coefficient (Wildman–Crippen LogP) is -1.32. The summed E-state index contributed by atoms with van der Waals surface area (Å²) in [6.45, 7) is 2.18. The van der Waals surface area contributed by atoms with Crippen molar-refractivity contribution in [1.29, 1.82) is 0 Å². The largest absolute Gasteiger partial charge is 4.00 e. The zero-order valence-electron chi connectivity index (χ0n) is 11.3. The third-order valence-corrected chi connectivity index (χ3v) is 3.35. The van der Waals surface area contributed by atoms with E-state index in [-0.39, 0.29) is 51.0 Å². The molecule has 0 spiro atoms. The average molecular weight is 374 g/mol. The van der Waals surface area contributed by atoms with Gasteiger partial charge in [0.05, 0.1) is 0 Å². The Morgan fingerprint density at radius 1 is 1.21 bits per heavy atom. The van der Waals surface area contributed by atoms with Gasteiger partial charge in [-0.2, -0.15) is 29.3 Å². The maximum absolute atomic E-state index is 2.99. The van der Waals surface area contributed by atoms with Gasteiger partial charge in [-0.05, 0) is 0 Å². The maximum atomic E-state index is 2.99. The van der Waals surface area contributed by atoms with Gasteiger partial charge in [0, 0.05) is 0 Å². The van der Waals surface area contributed by atoms with Crippen LogP contribution in [0.1, 0.15) is 49.1 Å². The van der Waals surface area contributed by atoms with E-state index in [4.69, 9.17) is 0 Å². The van der Waals surface area contributed by atoms with E-state index in [0.717, 1.165) is 12.3 Å². The van der Waals surface area contributed by atoms with Gasteiger partial charge in [-0.25, -0.2) is 18.2 Å². The summed E-state index contributed by atoms with van der Waals surface area (Å²) in [4.78, 5) is 0. The van der Waals surface area contributed by atoms with Crippen molar-refractivity contribution in [3.63, 3.8) is 0 Å². The summed E-state index contributed by atoms with van der Waals surface area (Å²) >= 11 is 0. The molecule has 1 fully saturated rings. The molecular formula is C16H20Cl2Zr. The molecule has 2 aliphatic carbocycles. The Hall–Kier alpha value is 0.293. The molecule has 0 amide bonds. The number of aryl methyl sites for hydroxylation is 1. The van der Waals surface area contributed by atoms with Crippen LogP contribution in [0.25, 0.3) is 0 Å². The molecule has 0 aliphatic heterocycles. The van der Waals surface area contributed by atoms with Crippen molar-refractivity contribution < 1.29 is 51.0 Å². The first kappa shape index (κ1) is 21.6. The van der Waals surface area contributed by atoms with Crippen LogP contribution in [0.2, 0.25) is 0 Å². The van der Waals surface area contributed by atoms with E-state index in [1.54, 1.807) is 5.56 Å². The monoisotopic (exact) mass is 372 g/mol. The molecule has 0 nitrogen and oxygen atoms in total. The molecule has 0 heterocycles. The number of halogens is 2. The number of rotatable bonds is 1. The molecule has 0 bridgehead atoms. The molecule has 0 atom stereocenters. The fourth-order valence-electron chi connectivity index (χ4n) is 2.44. The minimum atomic E-state index is 0. The molecular weight excluding hydrogens is 354 g/mol. The van der Waals surface area contributed by atoms with Crippen LogP contribution in [-0.4, -0.2) is 0 Å². The van der Waals surface area contributed by atoms with E-state index in [1.165, 1.54) is 31.2 Å². The summed E-state index contributed by atoms with van der Waals surface area (Å²) in [5, 5.41) is 0. The van der Waals surface area contributed by atoms with E-state index in [9.17, 15) is 0 Å². The minimum Gasteiger partial charge on any atom is -1.00 e. The van der Waals surface area contributed by atoms with Crippen LogP contribution in [-0.2, 0) is 26.2 Å². The number of hydrogen-bond donors (Lipinski definition) is 0. The first-order valence-corrected chi connectivity index (χ1v) is 6.31. The Morgan fingerprint density at radius 3 is 2.26 bits per heavy atom. The number of allylic oxidation sites excluding steroid dienone is 4. The Morgan fingerprint density at radius 2 is 1.89 bits per heavy atom. The van der Waals surface area contributed by atoms with Crippen molar-refractivity contribution in [2.45, 2.75) is 44.9 Å². The van der Waals surface area contributed by atoms with Crippen molar-refractivity contribution in [2.24, 2.45) is 0 Å². The molecule has 0 N–H and O–H groups in total. The molecule has 1 saturated carbocycles. The summed E-state index contributed by atoms with van der Waals surface area (Å²) in [7, 11) is 0. The molecule has 0 saturated heterocycles. The van der Waals surface area contributed by atoms with Crippen LogP contribution in [0.4, 0.5) is 0 Å². The van der Waals surface area contributed by atoms with Gasteiger partial charge >= 0.3 is 26.2 Å². The Kier molecular flexibility index (Phi) is 13.7. The molecule has 1 aromatic rings. The Bertz CT molecular complexity index is 364. The summed E-state index contributed by atoms with van der Waals surface area (Å²) in [5.41, 5.74) is 3.01. The van der Waals surface area contributed by atoms with E-state index in [0.29, 0.717) is 0 Å². The van der Waals surface area contributed by atoms with Gasteiger partial charge in [-0.15, -0.1) is 6.42 Å². The molecule has 3 rings (SSSR count). The molecule has 0 aromatic heterocycles. The van der Waals surface area contributed by atoms with Gasteiger partial charge in [0.25, 0.3) is 0 Å². The quantitative estimate of drug-likeness (QED) is 0.535. The topological polar surface area (TPSA) is 0 Å². The van der Waals surface area contributed by atoms with Crippen LogP contribution >= 0.6 is 0 Å². The first-order valence-electron chi connectivity index (χ1n) is 6.31. The van der Waals surface area contributed by atoms with Gasteiger partial charge in [-0.3, -0.25) is 6.08 Å². The third kappa shape index (κ3) is 7.59. The van der Waals surface area contributed by atoms with E-state index < -0.39 is 0 Å². The summed E-state index contributed by atoms with van der Waals surface area (Å²) in [6, 6.07) is 6.87. The number of hydrogen-bond acceptors (Lipinski definition) is 0. The van der Waals surface area contributed by atoms with Crippen molar-refractivity contribution >= 4 is 0 Å². The Labute approximate surface area is 149 Å². The summed E-state index contributed by atoms with van der Waals surface area (Å²) < 4.78 is 0. The van der Waals surface area contributed by atoms with Crippen LogP contribution in [0.15, 0.2) is 36.4 Å². The van der Waals surface area contributed by atoms with Gasteiger partial charge in [0.15, 0.2) is 0 Å². The van der Waals surface area contributed by atoms with Gasteiger partial charge in [0.2, 0.25) is 0 Å². The fourth-order valence-corrected chi connectivity index (χ4v) is 2.44. The molecule has 1 aromatic carbocycles. The molecule has 19 heavy (non-hydrogen) atoms. The second kappa shape index (κ2) is 12.1. The normalized spacial score (nSPS) is 15.8. The zero-order valence-corrected chi connectivity index (χ0v) is 15.3. The summed E-state index contributed by atoms with van der Waals surface area (Å²) in [5.74, 6) is 0.892. The van der Waals surface area contributed by atoms with Crippen LogP contribution < -0.4 is 24.8 Å². The molecule has 0 radical (unpaired) electrons. The van der Waals surface area contributed by atoms with E-state index in [2.05, 4.69) is 37.3 Å². The maximum Gasteiger partial charge on any atom is 4.00 e. The van der Waals surface area contributed by atoms with Crippen molar-refractivity contribution in [2.75, 3.05) is 0 Å².